The third-order valence-corrected chi connectivity index (χ3v) is 6.80. The SMILES string of the molecule is CCCCC1=NN2C(=N)/C(=C/c3cc(C)n(-c4ccc(C(C)C)cc4)c3C)C(=O)N=C2S1. The van der Waals surface area contributed by atoms with Gasteiger partial charge in [-0.1, -0.05) is 39.3 Å². The first-order valence-electron chi connectivity index (χ1n) is 11.1. The van der Waals surface area contributed by atoms with Crippen molar-refractivity contribution in [3.63, 3.8) is 0 Å². The maximum atomic E-state index is 12.8. The minimum absolute atomic E-state index is 0.0880. The van der Waals surface area contributed by atoms with Crippen LogP contribution in [0.15, 0.2) is 46.0 Å². The monoisotopic (exact) mass is 447 g/mol. The minimum atomic E-state index is -0.383. The van der Waals surface area contributed by atoms with E-state index in [9.17, 15) is 4.79 Å². The second-order valence-corrected chi connectivity index (χ2v) is 9.57. The molecule has 0 atom stereocenters. The van der Waals surface area contributed by atoms with Crippen LogP contribution in [-0.2, 0) is 4.79 Å². The number of amides is 1. The number of hydrazone groups is 1. The average molecular weight is 448 g/mol. The second-order valence-electron chi connectivity index (χ2n) is 8.53. The number of carbonyl (C=O) groups is 1. The number of nitrogens with zero attached hydrogens (tertiary/aromatic N) is 4. The topological polar surface area (TPSA) is 73.8 Å². The van der Waals surface area contributed by atoms with Gasteiger partial charge in [-0.3, -0.25) is 10.2 Å². The highest BCUT2D eigenvalue weighted by Gasteiger charge is 2.35. The maximum Gasteiger partial charge on any atom is 0.283 e. The van der Waals surface area contributed by atoms with Crippen molar-refractivity contribution in [2.24, 2.45) is 10.1 Å². The molecule has 7 heteroatoms. The Morgan fingerprint density at radius 1 is 1.19 bits per heavy atom. The van der Waals surface area contributed by atoms with E-state index in [2.05, 4.69) is 66.6 Å². The Balaban J connectivity index is 1.66. The molecule has 1 aromatic heterocycles. The number of amidine groups is 2. The molecule has 166 valence electrons. The van der Waals surface area contributed by atoms with Crippen LogP contribution in [0.4, 0.5) is 0 Å². The van der Waals surface area contributed by atoms with E-state index in [4.69, 9.17) is 5.41 Å². The molecule has 32 heavy (non-hydrogen) atoms. The summed E-state index contributed by atoms with van der Waals surface area (Å²) in [6, 6.07) is 10.6. The molecule has 0 radical (unpaired) electrons. The molecule has 3 heterocycles. The Bertz CT molecular complexity index is 1170. The molecule has 2 aliphatic rings. The highest BCUT2D eigenvalue weighted by Crippen LogP contribution is 2.31. The predicted molar refractivity (Wildman–Crippen MR) is 134 cm³/mol. The summed E-state index contributed by atoms with van der Waals surface area (Å²) in [5, 5.41) is 16.0. The number of benzene rings is 1. The largest absolute Gasteiger partial charge is 0.318 e. The molecule has 6 nitrogen and oxygen atoms in total. The molecule has 1 aromatic carbocycles. The maximum absolute atomic E-state index is 12.8. The van der Waals surface area contributed by atoms with Gasteiger partial charge in [0.15, 0.2) is 5.84 Å². The van der Waals surface area contributed by atoms with Gasteiger partial charge in [-0.15, -0.1) is 0 Å². The first-order valence-corrected chi connectivity index (χ1v) is 11.9. The number of carbonyl (C=O) groups excluding carboxylic acids is 1. The van der Waals surface area contributed by atoms with E-state index in [1.165, 1.54) is 22.3 Å². The smallest absolute Gasteiger partial charge is 0.283 e. The van der Waals surface area contributed by atoms with Crippen molar-refractivity contribution in [1.82, 2.24) is 9.58 Å². The van der Waals surface area contributed by atoms with Gasteiger partial charge in [0, 0.05) is 17.1 Å². The molecule has 0 aliphatic carbocycles. The number of hydrogen-bond donors (Lipinski definition) is 1. The number of aryl methyl sites for hydroxylation is 1. The Kier molecular flexibility index (Phi) is 6.20. The van der Waals surface area contributed by atoms with Crippen LogP contribution < -0.4 is 0 Å². The highest BCUT2D eigenvalue weighted by molar-refractivity contribution is 8.26. The Morgan fingerprint density at radius 2 is 1.91 bits per heavy atom. The number of thioether (sulfide) groups is 1. The zero-order valence-electron chi connectivity index (χ0n) is 19.3. The standard InChI is InChI=1S/C25H29N5OS/c1-6-7-8-22-28-30-23(26)21(24(31)27-25(30)32-22)14-19-13-16(4)29(17(19)5)20-11-9-18(10-12-20)15(2)3/h9-15,26H,6-8H2,1-5H3/b21-14-,26-23?. The minimum Gasteiger partial charge on any atom is -0.318 e. The zero-order chi connectivity index (χ0) is 23.0. The number of fused-ring (bicyclic) bond motifs is 1. The van der Waals surface area contributed by atoms with Gasteiger partial charge in [-0.2, -0.15) is 15.1 Å². The third-order valence-electron chi connectivity index (χ3n) is 5.83. The van der Waals surface area contributed by atoms with Crippen molar-refractivity contribution >= 4 is 39.8 Å². The summed E-state index contributed by atoms with van der Waals surface area (Å²) < 4.78 is 2.18. The Morgan fingerprint density at radius 3 is 2.56 bits per heavy atom. The lowest BCUT2D eigenvalue weighted by Gasteiger charge is -2.20. The molecular weight excluding hydrogens is 418 g/mol. The lowest BCUT2D eigenvalue weighted by Crippen LogP contribution is -2.35. The molecule has 0 spiro atoms. The van der Waals surface area contributed by atoms with Crippen molar-refractivity contribution in [2.75, 3.05) is 0 Å². The molecule has 2 aromatic rings. The molecule has 0 fully saturated rings. The fourth-order valence-electron chi connectivity index (χ4n) is 3.96. The summed E-state index contributed by atoms with van der Waals surface area (Å²) in [7, 11) is 0. The van der Waals surface area contributed by atoms with Gasteiger partial charge in [-0.25, -0.2) is 0 Å². The Hall–Kier alpha value is -2.93. The lowest BCUT2D eigenvalue weighted by atomic mass is 10.0. The van der Waals surface area contributed by atoms with Gasteiger partial charge in [-0.05, 0) is 79.8 Å². The number of rotatable bonds is 6. The number of aromatic nitrogens is 1. The molecule has 0 saturated heterocycles. The fraction of sp³-hybridized carbons (Fsp3) is 0.360. The molecule has 1 amide bonds. The highest BCUT2D eigenvalue weighted by atomic mass is 32.2. The first-order chi connectivity index (χ1) is 15.3. The van der Waals surface area contributed by atoms with Crippen molar-refractivity contribution in [1.29, 1.82) is 5.41 Å². The normalized spacial score (nSPS) is 17.3. The van der Waals surface area contributed by atoms with Crippen LogP contribution in [0, 0.1) is 19.3 Å². The van der Waals surface area contributed by atoms with Gasteiger partial charge in [0.05, 0.1) is 5.57 Å². The van der Waals surface area contributed by atoms with Gasteiger partial charge < -0.3 is 4.57 Å². The number of aliphatic imine (C=N–C) groups is 1. The van der Waals surface area contributed by atoms with Crippen molar-refractivity contribution in [2.45, 2.75) is 59.8 Å². The fourth-order valence-corrected chi connectivity index (χ4v) is 4.88. The first kappa shape index (κ1) is 22.3. The summed E-state index contributed by atoms with van der Waals surface area (Å²) in [5.74, 6) is 0.190. The van der Waals surface area contributed by atoms with Crippen LogP contribution in [0.2, 0.25) is 0 Å². The molecule has 4 rings (SSSR count). The van der Waals surface area contributed by atoms with E-state index in [0.29, 0.717) is 11.1 Å². The Labute approximate surface area is 193 Å². The molecule has 1 N–H and O–H groups in total. The van der Waals surface area contributed by atoms with Gasteiger partial charge >= 0.3 is 0 Å². The molecule has 2 aliphatic heterocycles. The molecule has 0 saturated carbocycles. The van der Waals surface area contributed by atoms with E-state index < -0.39 is 0 Å². The van der Waals surface area contributed by atoms with Gasteiger partial charge in [0.25, 0.3) is 5.91 Å². The van der Waals surface area contributed by atoms with E-state index in [1.54, 1.807) is 6.08 Å². The van der Waals surface area contributed by atoms with Crippen LogP contribution in [-0.4, -0.2) is 31.5 Å². The molecule has 0 bridgehead atoms. The molecule has 0 unspecified atom stereocenters. The van der Waals surface area contributed by atoms with Gasteiger partial charge in [0.1, 0.15) is 5.04 Å². The summed E-state index contributed by atoms with van der Waals surface area (Å²) in [4.78, 5) is 17.0. The van der Waals surface area contributed by atoms with Crippen molar-refractivity contribution < 1.29 is 4.79 Å². The second kappa shape index (κ2) is 8.90. The number of nitrogens with one attached hydrogen (secondary N) is 1. The summed E-state index contributed by atoms with van der Waals surface area (Å²) in [6.45, 7) is 10.6. The quantitative estimate of drug-likeness (QED) is 0.550. The molecular formula is C25H29N5OS. The van der Waals surface area contributed by atoms with Crippen LogP contribution >= 0.6 is 11.8 Å². The van der Waals surface area contributed by atoms with Crippen molar-refractivity contribution in [3.8, 4) is 5.69 Å². The van der Waals surface area contributed by atoms with E-state index in [-0.39, 0.29) is 17.3 Å². The summed E-state index contributed by atoms with van der Waals surface area (Å²) in [6.07, 6.45) is 4.72. The van der Waals surface area contributed by atoms with E-state index in [0.717, 1.165) is 46.9 Å². The van der Waals surface area contributed by atoms with Crippen molar-refractivity contribution in [3.05, 3.63) is 58.4 Å². The van der Waals surface area contributed by atoms with Crippen LogP contribution in [0.1, 0.15) is 68.5 Å². The lowest BCUT2D eigenvalue weighted by molar-refractivity contribution is -0.114. The van der Waals surface area contributed by atoms with Crippen LogP contribution in [0.5, 0.6) is 0 Å². The van der Waals surface area contributed by atoms with Crippen LogP contribution in [0.3, 0.4) is 0 Å². The zero-order valence-corrected chi connectivity index (χ0v) is 20.1. The number of unbranched alkanes of at least 4 members (excludes halogenated alkanes) is 1. The van der Waals surface area contributed by atoms with Crippen LogP contribution in [0.25, 0.3) is 11.8 Å². The van der Waals surface area contributed by atoms with E-state index >= 15 is 0 Å². The van der Waals surface area contributed by atoms with E-state index in [1.807, 2.05) is 13.0 Å². The predicted octanol–water partition coefficient (Wildman–Crippen LogP) is 6.03. The third kappa shape index (κ3) is 4.09. The average Bonchev–Trinajstić information content (AvgIpc) is 3.29. The summed E-state index contributed by atoms with van der Waals surface area (Å²) in [5.41, 5.74) is 5.65. The van der Waals surface area contributed by atoms with Gasteiger partial charge in [0.2, 0.25) is 5.17 Å². The summed E-state index contributed by atoms with van der Waals surface area (Å²) >= 11 is 1.39. The number of hydrogen-bond acceptors (Lipinski definition) is 4.